The normalized spacial score (nSPS) is 18.2. The average Bonchev–Trinajstić information content (AvgIpc) is 2.75. The monoisotopic (exact) mass is 282 g/mol. The molecule has 1 unspecified atom stereocenters. The summed E-state index contributed by atoms with van der Waals surface area (Å²) in [6.45, 7) is 5.30. The fourth-order valence-electron chi connectivity index (χ4n) is 2.47. The fraction of sp³-hybridized carbons (Fsp3) is 0.692. The van der Waals surface area contributed by atoms with Crippen molar-refractivity contribution in [1.29, 1.82) is 0 Å². The van der Waals surface area contributed by atoms with Crippen LogP contribution in [-0.4, -0.2) is 41.5 Å². The zero-order valence-electron chi connectivity index (χ0n) is 11.4. The van der Waals surface area contributed by atoms with Crippen molar-refractivity contribution in [1.82, 2.24) is 15.2 Å². The van der Waals surface area contributed by atoms with Gasteiger partial charge in [0, 0.05) is 18.0 Å². The second-order valence-corrected chi connectivity index (χ2v) is 6.07. The van der Waals surface area contributed by atoms with Crippen LogP contribution in [0.15, 0.2) is 5.38 Å². The predicted molar refractivity (Wildman–Crippen MR) is 78.1 cm³/mol. The third-order valence-corrected chi connectivity index (χ3v) is 4.02. The van der Waals surface area contributed by atoms with E-state index in [1.807, 2.05) is 5.38 Å². The van der Waals surface area contributed by atoms with Crippen LogP contribution >= 0.6 is 11.3 Å². The molecule has 1 atom stereocenters. The second kappa shape index (κ2) is 6.86. The van der Waals surface area contributed by atoms with Crippen molar-refractivity contribution in [2.75, 3.05) is 25.4 Å². The zero-order chi connectivity index (χ0) is 13.7. The van der Waals surface area contributed by atoms with Gasteiger partial charge in [0.15, 0.2) is 5.13 Å². The number of likely N-dealkylation sites (tertiary alicyclic amines) is 1. The van der Waals surface area contributed by atoms with E-state index >= 15 is 0 Å². The number of carbonyl (C=O) groups is 1. The number of amides is 1. The predicted octanol–water partition coefficient (Wildman–Crippen LogP) is 1.26. The van der Waals surface area contributed by atoms with Crippen molar-refractivity contribution in [3.63, 3.8) is 0 Å². The molecule has 5 nitrogen and oxygen atoms in total. The molecule has 1 aliphatic heterocycles. The Labute approximate surface area is 118 Å². The third kappa shape index (κ3) is 4.80. The van der Waals surface area contributed by atoms with E-state index in [0.29, 0.717) is 11.6 Å². The van der Waals surface area contributed by atoms with Crippen molar-refractivity contribution in [2.45, 2.75) is 38.6 Å². The molecular formula is C13H22N4OS. The van der Waals surface area contributed by atoms with Crippen LogP contribution in [0.4, 0.5) is 5.13 Å². The molecule has 1 aliphatic rings. The first-order chi connectivity index (χ1) is 9.13. The summed E-state index contributed by atoms with van der Waals surface area (Å²) < 4.78 is 0. The van der Waals surface area contributed by atoms with E-state index in [0.717, 1.165) is 25.3 Å². The Morgan fingerprint density at radius 1 is 1.53 bits per heavy atom. The molecule has 0 aromatic carbocycles. The van der Waals surface area contributed by atoms with Gasteiger partial charge in [0.05, 0.1) is 12.1 Å². The quantitative estimate of drug-likeness (QED) is 0.853. The Morgan fingerprint density at radius 2 is 2.26 bits per heavy atom. The number of carbonyl (C=O) groups excluding carboxylic acids is 1. The maximum atomic E-state index is 11.9. The average molecular weight is 282 g/mol. The highest BCUT2D eigenvalue weighted by Gasteiger charge is 2.15. The van der Waals surface area contributed by atoms with Gasteiger partial charge in [0.1, 0.15) is 0 Å². The third-order valence-electron chi connectivity index (χ3n) is 3.30. The molecular weight excluding hydrogens is 260 g/mol. The topological polar surface area (TPSA) is 71.2 Å². The maximum absolute atomic E-state index is 11.9. The number of rotatable bonds is 5. The van der Waals surface area contributed by atoms with Crippen LogP contribution in [0.2, 0.25) is 0 Å². The summed E-state index contributed by atoms with van der Waals surface area (Å²) in [5.41, 5.74) is 6.30. The summed E-state index contributed by atoms with van der Waals surface area (Å²) in [4.78, 5) is 18.4. The van der Waals surface area contributed by atoms with Crippen LogP contribution < -0.4 is 11.1 Å². The molecule has 106 valence electrons. The van der Waals surface area contributed by atoms with Crippen LogP contribution in [0.25, 0.3) is 0 Å². The van der Waals surface area contributed by atoms with Gasteiger partial charge in [-0.1, -0.05) is 6.42 Å². The van der Waals surface area contributed by atoms with Crippen LogP contribution in [0, 0.1) is 0 Å². The number of nitrogens with two attached hydrogens (primary N) is 1. The number of aromatic nitrogens is 1. The summed E-state index contributed by atoms with van der Waals surface area (Å²) in [5.74, 6) is 0.0230. The highest BCUT2D eigenvalue weighted by molar-refractivity contribution is 7.13. The molecule has 1 aromatic heterocycles. The van der Waals surface area contributed by atoms with Gasteiger partial charge in [-0.3, -0.25) is 4.79 Å². The molecule has 1 amide bonds. The van der Waals surface area contributed by atoms with Crippen LogP contribution in [-0.2, 0) is 11.2 Å². The van der Waals surface area contributed by atoms with E-state index in [2.05, 4.69) is 22.1 Å². The van der Waals surface area contributed by atoms with E-state index in [9.17, 15) is 4.79 Å². The minimum atomic E-state index is 0.0230. The van der Waals surface area contributed by atoms with Crippen molar-refractivity contribution in [2.24, 2.45) is 0 Å². The standard InChI is InChI=1S/C13H22N4OS/c1-10(8-17-5-3-2-4-6-17)15-12(18)7-11-9-19-13(14)16-11/h9-10H,2-8H2,1H3,(H2,14,16)(H,15,18). The van der Waals surface area contributed by atoms with E-state index < -0.39 is 0 Å². The van der Waals surface area contributed by atoms with Gasteiger partial charge in [0.2, 0.25) is 5.91 Å². The lowest BCUT2D eigenvalue weighted by atomic mass is 10.1. The first-order valence-electron chi connectivity index (χ1n) is 6.85. The first-order valence-corrected chi connectivity index (χ1v) is 7.73. The van der Waals surface area contributed by atoms with Crippen molar-refractivity contribution < 1.29 is 4.79 Å². The molecule has 2 heterocycles. The van der Waals surface area contributed by atoms with Gasteiger partial charge in [-0.05, 0) is 32.9 Å². The van der Waals surface area contributed by atoms with E-state index in [4.69, 9.17) is 5.73 Å². The fourth-order valence-corrected chi connectivity index (χ4v) is 3.03. The van der Waals surface area contributed by atoms with E-state index in [1.165, 1.54) is 30.6 Å². The summed E-state index contributed by atoms with van der Waals surface area (Å²) in [5, 5.41) is 5.38. The molecule has 0 aliphatic carbocycles. The Balaban J connectivity index is 1.71. The van der Waals surface area contributed by atoms with Gasteiger partial charge in [0.25, 0.3) is 0 Å². The van der Waals surface area contributed by atoms with Crippen molar-refractivity contribution in [3.05, 3.63) is 11.1 Å². The number of hydrogen-bond acceptors (Lipinski definition) is 5. The highest BCUT2D eigenvalue weighted by atomic mass is 32.1. The van der Waals surface area contributed by atoms with Gasteiger partial charge < -0.3 is 16.0 Å². The smallest absolute Gasteiger partial charge is 0.226 e. The Hall–Kier alpha value is -1.14. The lowest BCUT2D eigenvalue weighted by Gasteiger charge is -2.29. The Morgan fingerprint density at radius 3 is 2.89 bits per heavy atom. The highest BCUT2D eigenvalue weighted by Crippen LogP contribution is 2.11. The summed E-state index contributed by atoms with van der Waals surface area (Å²) in [6, 6.07) is 0.182. The van der Waals surface area contributed by atoms with Crippen LogP contribution in [0.3, 0.4) is 0 Å². The summed E-state index contributed by atoms with van der Waals surface area (Å²) in [6.07, 6.45) is 4.21. The number of thiazole rings is 1. The van der Waals surface area contributed by atoms with E-state index in [-0.39, 0.29) is 11.9 Å². The van der Waals surface area contributed by atoms with E-state index in [1.54, 1.807) is 0 Å². The summed E-state index contributed by atoms with van der Waals surface area (Å²) in [7, 11) is 0. The molecule has 3 N–H and O–H groups in total. The minimum Gasteiger partial charge on any atom is -0.375 e. The summed E-state index contributed by atoms with van der Waals surface area (Å²) >= 11 is 1.37. The molecule has 19 heavy (non-hydrogen) atoms. The minimum absolute atomic E-state index is 0.0230. The number of nitrogens with zero attached hydrogens (tertiary/aromatic N) is 2. The number of piperidine rings is 1. The molecule has 0 bridgehead atoms. The molecule has 0 spiro atoms. The molecule has 2 rings (SSSR count). The SMILES string of the molecule is CC(CN1CCCCC1)NC(=O)Cc1csc(N)n1. The molecule has 1 saturated heterocycles. The largest absolute Gasteiger partial charge is 0.375 e. The van der Waals surface area contributed by atoms with Crippen molar-refractivity contribution in [3.8, 4) is 0 Å². The van der Waals surface area contributed by atoms with Crippen LogP contribution in [0.1, 0.15) is 31.9 Å². The molecule has 0 saturated carbocycles. The van der Waals surface area contributed by atoms with Gasteiger partial charge in [-0.15, -0.1) is 11.3 Å². The number of nitrogens with one attached hydrogen (secondary N) is 1. The lowest BCUT2D eigenvalue weighted by molar-refractivity contribution is -0.121. The Bertz CT molecular complexity index is 415. The van der Waals surface area contributed by atoms with Gasteiger partial charge in [-0.25, -0.2) is 4.98 Å². The van der Waals surface area contributed by atoms with Crippen LogP contribution in [0.5, 0.6) is 0 Å². The number of anilines is 1. The lowest BCUT2D eigenvalue weighted by Crippen LogP contribution is -2.44. The molecule has 0 radical (unpaired) electrons. The molecule has 6 heteroatoms. The number of nitrogen functional groups attached to an aromatic ring is 1. The van der Waals surface area contributed by atoms with Gasteiger partial charge >= 0.3 is 0 Å². The Kier molecular flexibility index (Phi) is 5.15. The molecule has 1 fully saturated rings. The van der Waals surface area contributed by atoms with Gasteiger partial charge in [-0.2, -0.15) is 0 Å². The molecule has 1 aromatic rings. The maximum Gasteiger partial charge on any atom is 0.226 e. The zero-order valence-corrected chi connectivity index (χ0v) is 12.2. The first kappa shape index (κ1) is 14.3. The second-order valence-electron chi connectivity index (χ2n) is 5.18. The number of hydrogen-bond donors (Lipinski definition) is 2. The van der Waals surface area contributed by atoms with Crippen molar-refractivity contribution >= 4 is 22.4 Å².